The van der Waals surface area contributed by atoms with Crippen molar-refractivity contribution in [1.29, 1.82) is 0 Å². The number of carbonyl (C=O) groups excluding carboxylic acids is 1. The summed E-state index contributed by atoms with van der Waals surface area (Å²) in [6, 6.07) is 0. The molecule has 0 aromatic heterocycles. The standard InChI is InChI=1S/C11H17NO/c1-3-6-11(7-4-2)8-5-9-12-10(11)13/h3-4,6-7H,5,8-9H2,1-2H3,(H,12,13)/b6-3+,7-4+. The fourth-order valence-corrected chi connectivity index (χ4v) is 1.83. The minimum Gasteiger partial charge on any atom is -0.355 e. The predicted molar refractivity (Wildman–Crippen MR) is 54.3 cm³/mol. The first kappa shape index (κ1) is 10.0. The van der Waals surface area contributed by atoms with Crippen molar-refractivity contribution in [3.05, 3.63) is 24.3 Å². The SMILES string of the molecule is C/C=C/C1(/C=C/C)CCCNC1=O. The van der Waals surface area contributed by atoms with E-state index in [4.69, 9.17) is 0 Å². The van der Waals surface area contributed by atoms with Crippen molar-refractivity contribution in [3.8, 4) is 0 Å². The van der Waals surface area contributed by atoms with Crippen molar-refractivity contribution in [2.75, 3.05) is 6.54 Å². The van der Waals surface area contributed by atoms with E-state index in [9.17, 15) is 4.79 Å². The maximum atomic E-state index is 11.7. The molecule has 1 fully saturated rings. The van der Waals surface area contributed by atoms with Crippen LogP contribution < -0.4 is 5.32 Å². The molecule has 0 saturated carbocycles. The molecule has 1 aliphatic heterocycles. The normalized spacial score (nSPS) is 22.5. The Labute approximate surface area is 79.7 Å². The molecule has 1 aliphatic rings. The van der Waals surface area contributed by atoms with Gasteiger partial charge in [-0.05, 0) is 26.7 Å². The van der Waals surface area contributed by atoms with Gasteiger partial charge in [0.15, 0.2) is 0 Å². The van der Waals surface area contributed by atoms with Gasteiger partial charge in [0.2, 0.25) is 5.91 Å². The molecule has 1 amide bonds. The summed E-state index contributed by atoms with van der Waals surface area (Å²) in [5.41, 5.74) is -0.373. The smallest absolute Gasteiger partial charge is 0.233 e. The van der Waals surface area contributed by atoms with Crippen LogP contribution in [0.4, 0.5) is 0 Å². The van der Waals surface area contributed by atoms with Crippen LogP contribution in [-0.4, -0.2) is 12.5 Å². The molecule has 2 nitrogen and oxygen atoms in total. The first-order chi connectivity index (χ1) is 6.25. The highest BCUT2D eigenvalue weighted by molar-refractivity contribution is 5.87. The van der Waals surface area contributed by atoms with Gasteiger partial charge in [-0.3, -0.25) is 4.79 Å². The Balaban J connectivity index is 2.92. The average Bonchev–Trinajstić information content (AvgIpc) is 2.11. The van der Waals surface area contributed by atoms with E-state index in [2.05, 4.69) is 5.32 Å². The van der Waals surface area contributed by atoms with E-state index in [1.807, 2.05) is 38.2 Å². The zero-order valence-corrected chi connectivity index (χ0v) is 8.34. The second-order valence-corrected chi connectivity index (χ2v) is 3.40. The monoisotopic (exact) mass is 179 g/mol. The van der Waals surface area contributed by atoms with Crippen molar-refractivity contribution in [2.45, 2.75) is 26.7 Å². The molecule has 0 atom stereocenters. The Morgan fingerprint density at radius 2 is 1.92 bits per heavy atom. The summed E-state index contributed by atoms with van der Waals surface area (Å²) < 4.78 is 0. The summed E-state index contributed by atoms with van der Waals surface area (Å²) in [6.45, 7) is 4.72. The quantitative estimate of drug-likeness (QED) is 0.646. The molecule has 0 aromatic carbocycles. The molecular weight excluding hydrogens is 162 g/mol. The molecule has 72 valence electrons. The lowest BCUT2D eigenvalue weighted by Gasteiger charge is -2.30. The summed E-state index contributed by atoms with van der Waals surface area (Å²) in [6.07, 6.45) is 9.85. The van der Waals surface area contributed by atoms with Crippen LogP contribution in [0.2, 0.25) is 0 Å². The number of hydrogen-bond acceptors (Lipinski definition) is 1. The van der Waals surface area contributed by atoms with Gasteiger partial charge in [0.05, 0.1) is 5.41 Å². The van der Waals surface area contributed by atoms with Crippen LogP contribution in [0.25, 0.3) is 0 Å². The van der Waals surface area contributed by atoms with Crippen molar-refractivity contribution in [3.63, 3.8) is 0 Å². The van der Waals surface area contributed by atoms with E-state index >= 15 is 0 Å². The van der Waals surface area contributed by atoms with Gasteiger partial charge in [-0.25, -0.2) is 0 Å². The number of hydrogen-bond donors (Lipinski definition) is 1. The predicted octanol–water partition coefficient (Wildman–Crippen LogP) is 2.04. The molecule has 0 spiro atoms. The largest absolute Gasteiger partial charge is 0.355 e. The minimum atomic E-state index is -0.373. The third-order valence-electron chi connectivity index (χ3n) is 2.40. The Morgan fingerprint density at radius 1 is 1.31 bits per heavy atom. The van der Waals surface area contributed by atoms with Crippen molar-refractivity contribution in [1.82, 2.24) is 5.32 Å². The highest BCUT2D eigenvalue weighted by atomic mass is 16.2. The lowest BCUT2D eigenvalue weighted by atomic mass is 9.79. The molecule has 1 N–H and O–H groups in total. The third-order valence-corrected chi connectivity index (χ3v) is 2.40. The molecule has 0 aromatic rings. The highest BCUT2D eigenvalue weighted by Gasteiger charge is 2.34. The zero-order valence-electron chi connectivity index (χ0n) is 8.34. The number of rotatable bonds is 2. The number of carbonyl (C=O) groups is 1. The van der Waals surface area contributed by atoms with Gasteiger partial charge >= 0.3 is 0 Å². The van der Waals surface area contributed by atoms with Crippen molar-refractivity contribution < 1.29 is 4.79 Å². The van der Waals surface area contributed by atoms with E-state index in [1.54, 1.807) is 0 Å². The number of nitrogens with one attached hydrogen (secondary N) is 1. The van der Waals surface area contributed by atoms with Gasteiger partial charge in [-0.1, -0.05) is 24.3 Å². The molecule has 0 bridgehead atoms. The molecule has 0 radical (unpaired) electrons. The van der Waals surface area contributed by atoms with Crippen LogP contribution >= 0.6 is 0 Å². The number of piperidine rings is 1. The summed E-state index contributed by atoms with van der Waals surface area (Å²) in [7, 11) is 0. The van der Waals surface area contributed by atoms with Crippen LogP contribution in [0.5, 0.6) is 0 Å². The second kappa shape index (κ2) is 4.26. The molecular formula is C11H17NO. The number of allylic oxidation sites excluding steroid dienone is 2. The summed E-state index contributed by atoms with van der Waals surface area (Å²) in [5.74, 6) is 0.134. The Kier molecular flexibility index (Phi) is 3.29. The highest BCUT2D eigenvalue weighted by Crippen LogP contribution is 2.30. The van der Waals surface area contributed by atoms with Gasteiger partial charge in [0, 0.05) is 6.54 Å². The van der Waals surface area contributed by atoms with Gasteiger partial charge in [-0.15, -0.1) is 0 Å². The van der Waals surface area contributed by atoms with Crippen LogP contribution in [0.15, 0.2) is 24.3 Å². The van der Waals surface area contributed by atoms with E-state index in [0.29, 0.717) is 0 Å². The first-order valence-corrected chi connectivity index (χ1v) is 4.81. The van der Waals surface area contributed by atoms with Crippen LogP contribution in [-0.2, 0) is 4.79 Å². The fraction of sp³-hybridized carbons (Fsp3) is 0.545. The molecule has 13 heavy (non-hydrogen) atoms. The number of amides is 1. The zero-order chi connectivity index (χ0) is 9.73. The average molecular weight is 179 g/mol. The van der Waals surface area contributed by atoms with Crippen LogP contribution in [0.3, 0.4) is 0 Å². The van der Waals surface area contributed by atoms with Crippen LogP contribution in [0, 0.1) is 5.41 Å². The summed E-state index contributed by atoms with van der Waals surface area (Å²) in [5, 5.41) is 2.90. The van der Waals surface area contributed by atoms with E-state index < -0.39 is 0 Å². The van der Waals surface area contributed by atoms with Crippen molar-refractivity contribution >= 4 is 5.91 Å². The van der Waals surface area contributed by atoms with Gasteiger partial charge < -0.3 is 5.32 Å². The summed E-state index contributed by atoms with van der Waals surface area (Å²) >= 11 is 0. The maximum absolute atomic E-state index is 11.7. The van der Waals surface area contributed by atoms with E-state index in [-0.39, 0.29) is 11.3 Å². The van der Waals surface area contributed by atoms with Crippen LogP contribution in [0.1, 0.15) is 26.7 Å². The van der Waals surface area contributed by atoms with E-state index in [0.717, 1.165) is 19.4 Å². The van der Waals surface area contributed by atoms with Gasteiger partial charge in [0.25, 0.3) is 0 Å². The van der Waals surface area contributed by atoms with E-state index in [1.165, 1.54) is 0 Å². The summed E-state index contributed by atoms with van der Waals surface area (Å²) in [4.78, 5) is 11.7. The van der Waals surface area contributed by atoms with Crippen molar-refractivity contribution in [2.24, 2.45) is 5.41 Å². The van der Waals surface area contributed by atoms with Gasteiger partial charge in [-0.2, -0.15) is 0 Å². The van der Waals surface area contributed by atoms with Gasteiger partial charge in [0.1, 0.15) is 0 Å². The molecule has 2 heteroatoms. The second-order valence-electron chi connectivity index (χ2n) is 3.40. The fourth-order valence-electron chi connectivity index (χ4n) is 1.83. The Morgan fingerprint density at radius 3 is 2.38 bits per heavy atom. The third kappa shape index (κ3) is 2.00. The topological polar surface area (TPSA) is 29.1 Å². The lowest BCUT2D eigenvalue weighted by molar-refractivity contribution is -0.128. The molecule has 0 aliphatic carbocycles. The lowest BCUT2D eigenvalue weighted by Crippen LogP contribution is -2.43. The molecule has 1 rings (SSSR count). The maximum Gasteiger partial charge on any atom is 0.233 e. The molecule has 1 saturated heterocycles. The molecule has 0 unspecified atom stereocenters. The molecule has 1 heterocycles. The Bertz CT molecular complexity index is 228. The minimum absolute atomic E-state index is 0.134. The Hall–Kier alpha value is -1.05. The first-order valence-electron chi connectivity index (χ1n) is 4.81.